The minimum atomic E-state index is -0.206. The summed E-state index contributed by atoms with van der Waals surface area (Å²) in [5.74, 6) is -0.196. The van der Waals surface area contributed by atoms with E-state index in [1.807, 2.05) is 19.1 Å². The number of aryl methyl sites for hydroxylation is 1. The molecule has 0 radical (unpaired) electrons. The molecule has 0 heterocycles. The van der Waals surface area contributed by atoms with E-state index in [-0.39, 0.29) is 17.7 Å². The molecule has 1 unspecified atom stereocenters. The van der Waals surface area contributed by atoms with Crippen molar-refractivity contribution in [2.24, 2.45) is 16.8 Å². The smallest absolute Gasteiger partial charge is 0.254 e. The van der Waals surface area contributed by atoms with E-state index < -0.39 is 0 Å². The molecule has 0 aliphatic heterocycles. The van der Waals surface area contributed by atoms with Crippen LogP contribution in [0.1, 0.15) is 22.8 Å². The molecule has 0 aliphatic carbocycles. The molecule has 0 saturated carbocycles. The fourth-order valence-corrected chi connectivity index (χ4v) is 2.14. The van der Waals surface area contributed by atoms with E-state index >= 15 is 0 Å². The van der Waals surface area contributed by atoms with Crippen LogP contribution in [-0.4, -0.2) is 35.4 Å². The van der Waals surface area contributed by atoms with Gasteiger partial charge in [-0.2, -0.15) is 0 Å². The Kier molecular flexibility index (Phi) is 5.35. The third kappa shape index (κ3) is 3.70. The van der Waals surface area contributed by atoms with Gasteiger partial charge in [-0.3, -0.25) is 4.79 Å². The minimum Gasteiger partial charge on any atom is -0.409 e. The number of hydrogen-bond acceptors (Lipinski definition) is 3. The van der Waals surface area contributed by atoms with Crippen LogP contribution in [0.3, 0.4) is 0 Å². The summed E-state index contributed by atoms with van der Waals surface area (Å²) in [4.78, 5) is 13.9. The third-order valence-electron chi connectivity index (χ3n) is 2.94. The van der Waals surface area contributed by atoms with Crippen molar-refractivity contribution in [3.8, 4) is 0 Å². The monoisotopic (exact) mass is 327 g/mol. The Bertz CT molecular complexity index is 503. The number of benzene rings is 1. The Hall–Kier alpha value is -1.56. The molecular formula is C13H18BrN3O2. The average molecular weight is 328 g/mol. The normalized spacial score (nSPS) is 13.2. The van der Waals surface area contributed by atoms with E-state index in [1.54, 1.807) is 24.9 Å². The fourth-order valence-electron chi connectivity index (χ4n) is 1.70. The number of oxime groups is 1. The summed E-state index contributed by atoms with van der Waals surface area (Å²) in [5, 5.41) is 11.6. The highest BCUT2D eigenvalue weighted by molar-refractivity contribution is 9.10. The Morgan fingerprint density at radius 3 is 2.79 bits per heavy atom. The van der Waals surface area contributed by atoms with Crippen LogP contribution in [0.25, 0.3) is 0 Å². The van der Waals surface area contributed by atoms with Crippen molar-refractivity contribution in [1.82, 2.24) is 4.90 Å². The zero-order chi connectivity index (χ0) is 14.6. The minimum absolute atomic E-state index is 0.104. The van der Waals surface area contributed by atoms with E-state index in [1.165, 1.54) is 0 Å². The lowest BCUT2D eigenvalue weighted by atomic mass is 10.1. The summed E-state index contributed by atoms with van der Waals surface area (Å²) >= 11 is 3.42. The number of amides is 1. The van der Waals surface area contributed by atoms with E-state index in [9.17, 15) is 4.79 Å². The van der Waals surface area contributed by atoms with Gasteiger partial charge in [-0.05, 0) is 34.5 Å². The number of rotatable bonds is 4. The molecule has 0 spiro atoms. The molecule has 104 valence electrons. The first kappa shape index (κ1) is 15.5. The number of halogens is 1. The maximum absolute atomic E-state index is 12.3. The second kappa shape index (κ2) is 6.56. The molecular weight excluding hydrogens is 310 g/mol. The van der Waals surface area contributed by atoms with Gasteiger partial charge in [0.15, 0.2) is 0 Å². The summed E-state index contributed by atoms with van der Waals surface area (Å²) in [5.41, 5.74) is 7.12. The number of nitrogens with two attached hydrogens (primary N) is 1. The van der Waals surface area contributed by atoms with Gasteiger partial charge in [0.05, 0.1) is 5.56 Å². The second-order valence-corrected chi connectivity index (χ2v) is 5.34. The molecule has 0 saturated heterocycles. The molecule has 1 aromatic carbocycles. The molecule has 1 atom stereocenters. The molecule has 19 heavy (non-hydrogen) atoms. The van der Waals surface area contributed by atoms with Gasteiger partial charge in [0, 0.05) is 24.0 Å². The van der Waals surface area contributed by atoms with Crippen LogP contribution in [-0.2, 0) is 0 Å². The molecule has 3 N–H and O–H groups in total. The van der Waals surface area contributed by atoms with Crippen LogP contribution in [0.4, 0.5) is 0 Å². The molecule has 1 aromatic rings. The van der Waals surface area contributed by atoms with Gasteiger partial charge in [0.2, 0.25) is 0 Å². The number of nitrogens with zero attached hydrogens (tertiary/aromatic N) is 2. The first-order valence-electron chi connectivity index (χ1n) is 5.86. The van der Waals surface area contributed by atoms with Crippen molar-refractivity contribution in [3.05, 3.63) is 33.8 Å². The maximum Gasteiger partial charge on any atom is 0.254 e. The van der Waals surface area contributed by atoms with Gasteiger partial charge < -0.3 is 15.8 Å². The number of amidine groups is 1. The van der Waals surface area contributed by atoms with Crippen molar-refractivity contribution < 1.29 is 10.0 Å². The zero-order valence-corrected chi connectivity index (χ0v) is 12.8. The van der Waals surface area contributed by atoms with Gasteiger partial charge in [-0.25, -0.2) is 0 Å². The molecule has 0 aliphatic rings. The molecule has 0 fully saturated rings. The van der Waals surface area contributed by atoms with Gasteiger partial charge in [-0.1, -0.05) is 24.2 Å². The highest BCUT2D eigenvalue weighted by Gasteiger charge is 2.19. The molecule has 5 nitrogen and oxygen atoms in total. The quantitative estimate of drug-likeness (QED) is 0.385. The van der Waals surface area contributed by atoms with E-state index in [2.05, 4.69) is 21.1 Å². The van der Waals surface area contributed by atoms with Gasteiger partial charge in [0.25, 0.3) is 5.91 Å². The largest absolute Gasteiger partial charge is 0.409 e. The van der Waals surface area contributed by atoms with Crippen LogP contribution in [0.5, 0.6) is 0 Å². The number of hydrogen-bond donors (Lipinski definition) is 2. The predicted octanol–water partition coefficient (Wildman–Crippen LogP) is 2.21. The Morgan fingerprint density at radius 2 is 2.21 bits per heavy atom. The second-order valence-electron chi connectivity index (χ2n) is 4.55. The Morgan fingerprint density at radius 1 is 1.58 bits per heavy atom. The Balaban J connectivity index is 2.86. The fraction of sp³-hybridized carbons (Fsp3) is 0.385. The van der Waals surface area contributed by atoms with Crippen LogP contribution in [0.2, 0.25) is 0 Å². The van der Waals surface area contributed by atoms with Crippen molar-refractivity contribution in [2.75, 3.05) is 13.6 Å². The van der Waals surface area contributed by atoms with E-state index in [0.29, 0.717) is 12.1 Å². The maximum atomic E-state index is 12.3. The van der Waals surface area contributed by atoms with E-state index in [0.717, 1.165) is 10.0 Å². The summed E-state index contributed by atoms with van der Waals surface area (Å²) in [7, 11) is 1.69. The first-order valence-corrected chi connectivity index (χ1v) is 6.65. The molecule has 0 bridgehead atoms. The van der Waals surface area contributed by atoms with Crippen molar-refractivity contribution >= 4 is 27.7 Å². The predicted molar refractivity (Wildman–Crippen MR) is 78.4 cm³/mol. The lowest BCUT2D eigenvalue weighted by Gasteiger charge is -2.21. The number of carbonyl (C=O) groups excluding carboxylic acids is 1. The van der Waals surface area contributed by atoms with Crippen LogP contribution in [0.15, 0.2) is 27.8 Å². The standard InChI is InChI=1S/C13H18BrN3O2/c1-8-5-4-6-10(11(8)14)13(18)17(3)7-9(2)12(15)16-19/h4-6,9,19H,7H2,1-3H3,(H2,15,16). The lowest BCUT2D eigenvalue weighted by molar-refractivity contribution is 0.0785. The van der Waals surface area contributed by atoms with Gasteiger partial charge in [-0.15, -0.1) is 0 Å². The first-order chi connectivity index (χ1) is 8.88. The topological polar surface area (TPSA) is 78.9 Å². The summed E-state index contributed by atoms with van der Waals surface area (Å²) in [6.07, 6.45) is 0. The molecule has 1 amide bonds. The van der Waals surface area contributed by atoms with Crippen molar-refractivity contribution in [3.63, 3.8) is 0 Å². The van der Waals surface area contributed by atoms with Crippen molar-refractivity contribution in [1.29, 1.82) is 0 Å². The Labute approximate surface area is 121 Å². The molecule has 6 heteroatoms. The highest BCUT2D eigenvalue weighted by Crippen LogP contribution is 2.22. The summed E-state index contributed by atoms with van der Waals surface area (Å²) in [6.45, 7) is 4.11. The highest BCUT2D eigenvalue weighted by atomic mass is 79.9. The van der Waals surface area contributed by atoms with Crippen LogP contribution in [0, 0.1) is 12.8 Å². The molecule has 0 aromatic heterocycles. The SMILES string of the molecule is Cc1cccc(C(=O)N(C)CC(C)/C(N)=N/O)c1Br. The third-order valence-corrected chi connectivity index (χ3v) is 3.99. The average Bonchev–Trinajstić information content (AvgIpc) is 2.39. The van der Waals surface area contributed by atoms with E-state index in [4.69, 9.17) is 10.9 Å². The van der Waals surface area contributed by atoms with Crippen LogP contribution < -0.4 is 5.73 Å². The summed E-state index contributed by atoms with van der Waals surface area (Å²) < 4.78 is 0.795. The molecule has 1 rings (SSSR count). The van der Waals surface area contributed by atoms with Crippen LogP contribution >= 0.6 is 15.9 Å². The lowest BCUT2D eigenvalue weighted by Crippen LogP contribution is -2.36. The number of carbonyl (C=O) groups is 1. The van der Waals surface area contributed by atoms with Gasteiger partial charge >= 0.3 is 0 Å². The van der Waals surface area contributed by atoms with Gasteiger partial charge in [0.1, 0.15) is 5.84 Å². The zero-order valence-electron chi connectivity index (χ0n) is 11.2. The summed E-state index contributed by atoms with van der Waals surface area (Å²) in [6, 6.07) is 5.54. The van der Waals surface area contributed by atoms with Crippen molar-refractivity contribution in [2.45, 2.75) is 13.8 Å².